The lowest BCUT2D eigenvalue weighted by Crippen LogP contribution is -2.38. The molecule has 0 spiro atoms. The summed E-state index contributed by atoms with van der Waals surface area (Å²) in [5.41, 5.74) is 0. The van der Waals surface area contributed by atoms with Gasteiger partial charge in [0.05, 0.1) is 6.54 Å². The van der Waals surface area contributed by atoms with Gasteiger partial charge in [0, 0.05) is 19.1 Å². The molecule has 0 aromatic rings. The molecule has 1 fully saturated rings. The van der Waals surface area contributed by atoms with E-state index in [1.165, 1.54) is 4.90 Å². The third-order valence-corrected chi connectivity index (χ3v) is 2.21. The van der Waals surface area contributed by atoms with E-state index in [1.807, 2.05) is 0 Å². The summed E-state index contributed by atoms with van der Waals surface area (Å²) in [7, 11) is 0. The highest BCUT2D eigenvalue weighted by molar-refractivity contribution is 5.87. The number of nitrogens with one attached hydrogen (secondary N) is 1. The molecule has 86 valence electrons. The first-order chi connectivity index (χ1) is 6.90. The van der Waals surface area contributed by atoms with E-state index >= 15 is 0 Å². The van der Waals surface area contributed by atoms with Crippen molar-refractivity contribution in [2.45, 2.75) is 18.6 Å². The highest BCUT2D eigenvalue weighted by Gasteiger charge is 2.34. The fourth-order valence-electron chi connectivity index (χ4n) is 1.61. The number of carbonyl (C=O) groups excluding carboxylic acids is 1. The molecule has 1 saturated heterocycles. The fourth-order valence-corrected chi connectivity index (χ4v) is 1.61. The van der Waals surface area contributed by atoms with Crippen LogP contribution in [0.15, 0.2) is 12.7 Å². The highest BCUT2D eigenvalue weighted by Crippen LogP contribution is 2.19. The summed E-state index contributed by atoms with van der Waals surface area (Å²) in [6.45, 7) is 2.98. The Balaban J connectivity index is 2.33. The summed E-state index contributed by atoms with van der Waals surface area (Å²) < 4.78 is 36.1. The first-order valence-electron chi connectivity index (χ1n) is 4.63. The zero-order chi connectivity index (χ0) is 11.5. The maximum absolute atomic E-state index is 12.0. The van der Waals surface area contributed by atoms with E-state index in [9.17, 15) is 18.0 Å². The van der Waals surface area contributed by atoms with Gasteiger partial charge >= 0.3 is 6.18 Å². The molecule has 0 radical (unpaired) electrons. The van der Waals surface area contributed by atoms with E-state index in [-0.39, 0.29) is 18.5 Å². The van der Waals surface area contributed by atoms with Crippen LogP contribution in [0.5, 0.6) is 0 Å². The van der Waals surface area contributed by atoms with Gasteiger partial charge in [-0.3, -0.25) is 9.69 Å². The molecule has 1 aliphatic heterocycles. The molecular weight excluding hydrogens is 209 g/mol. The predicted octanol–water partition coefficient (Wildman–Crippen LogP) is 0.925. The molecule has 1 rings (SSSR count). The van der Waals surface area contributed by atoms with Gasteiger partial charge in [0.1, 0.15) is 0 Å². The standard InChI is InChI=1S/C9H13F3N2O/c1-2-8(15)13-7-3-4-14(5-7)6-9(10,11)12/h2,7H,1,3-6H2,(H,13,15)/t7-/m0/s1. The fraction of sp³-hybridized carbons (Fsp3) is 0.667. The van der Waals surface area contributed by atoms with Crippen LogP contribution in [-0.4, -0.2) is 42.7 Å². The van der Waals surface area contributed by atoms with Crippen molar-refractivity contribution >= 4 is 5.91 Å². The summed E-state index contributed by atoms with van der Waals surface area (Å²) in [6.07, 6.45) is -2.50. The SMILES string of the molecule is C=CC(=O)N[C@H]1CCN(CC(F)(F)F)C1. The number of rotatable bonds is 3. The van der Waals surface area contributed by atoms with E-state index in [0.29, 0.717) is 13.0 Å². The molecule has 15 heavy (non-hydrogen) atoms. The van der Waals surface area contributed by atoms with Crippen LogP contribution in [0.2, 0.25) is 0 Å². The van der Waals surface area contributed by atoms with Gasteiger partial charge < -0.3 is 5.32 Å². The summed E-state index contributed by atoms with van der Waals surface area (Å²) >= 11 is 0. The molecule has 1 aliphatic rings. The topological polar surface area (TPSA) is 32.3 Å². The Hall–Kier alpha value is -1.04. The second-order valence-electron chi connectivity index (χ2n) is 3.55. The second kappa shape index (κ2) is 4.65. The van der Waals surface area contributed by atoms with Crippen molar-refractivity contribution in [1.82, 2.24) is 10.2 Å². The Morgan fingerprint density at radius 2 is 2.27 bits per heavy atom. The summed E-state index contributed by atoms with van der Waals surface area (Å²) in [5, 5.41) is 2.58. The number of hydrogen-bond acceptors (Lipinski definition) is 2. The van der Waals surface area contributed by atoms with Gasteiger partial charge in [-0.15, -0.1) is 0 Å². The first-order valence-corrected chi connectivity index (χ1v) is 4.63. The van der Waals surface area contributed by atoms with Crippen molar-refractivity contribution in [3.05, 3.63) is 12.7 Å². The van der Waals surface area contributed by atoms with Crippen molar-refractivity contribution in [2.75, 3.05) is 19.6 Å². The molecule has 0 bridgehead atoms. The number of carbonyl (C=O) groups is 1. The van der Waals surface area contributed by atoms with Crippen LogP contribution in [0.1, 0.15) is 6.42 Å². The first kappa shape index (κ1) is 12.0. The van der Waals surface area contributed by atoms with Gasteiger partial charge in [0.15, 0.2) is 0 Å². The lowest BCUT2D eigenvalue weighted by Gasteiger charge is -2.17. The zero-order valence-corrected chi connectivity index (χ0v) is 8.18. The van der Waals surface area contributed by atoms with Crippen LogP contribution in [-0.2, 0) is 4.79 Å². The monoisotopic (exact) mass is 222 g/mol. The minimum absolute atomic E-state index is 0.196. The van der Waals surface area contributed by atoms with Gasteiger partial charge in [-0.2, -0.15) is 13.2 Å². The van der Waals surface area contributed by atoms with E-state index in [0.717, 1.165) is 6.08 Å². The van der Waals surface area contributed by atoms with Gasteiger partial charge in [0.25, 0.3) is 0 Å². The molecule has 3 nitrogen and oxygen atoms in total. The Bertz CT molecular complexity index is 252. The molecule has 0 aromatic carbocycles. The van der Waals surface area contributed by atoms with E-state index in [4.69, 9.17) is 0 Å². The van der Waals surface area contributed by atoms with Crippen LogP contribution in [0, 0.1) is 0 Å². The minimum Gasteiger partial charge on any atom is -0.349 e. The minimum atomic E-state index is -4.17. The predicted molar refractivity (Wildman–Crippen MR) is 49.2 cm³/mol. The van der Waals surface area contributed by atoms with Crippen molar-refractivity contribution < 1.29 is 18.0 Å². The molecule has 1 amide bonds. The van der Waals surface area contributed by atoms with E-state index in [1.54, 1.807) is 0 Å². The number of amides is 1. The third kappa shape index (κ3) is 4.33. The van der Waals surface area contributed by atoms with Crippen molar-refractivity contribution in [3.8, 4) is 0 Å². The second-order valence-corrected chi connectivity index (χ2v) is 3.55. The molecule has 0 unspecified atom stereocenters. The molecule has 1 heterocycles. The lowest BCUT2D eigenvalue weighted by atomic mass is 10.2. The average Bonchev–Trinajstić information content (AvgIpc) is 2.49. The van der Waals surface area contributed by atoms with Crippen molar-refractivity contribution in [2.24, 2.45) is 0 Å². The summed E-state index contributed by atoms with van der Waals surface area (Å²) in [6, 6.07) is -0.196. The number of likely N-dealkylation sites (tertiary alicyclic amines) is 1. The number of nitrogens with zero attached hydrogens (tertiary/aromatic N) is 1. The molecule has 0 aromatic heterocycles. The number of alkyl halides is 3. The Labute approximate surface area is 85.9 Å². The lowest BCUT2D eigenvalue weighted by molar-refractivity contribution is -0.143. The Morgan fingerprint density at radius 1 is 1.60 bits per heavy atom. The van der Waals surface area contributed by atoms with Crippen LogP contribution in [0.4, 0.5) is 13.2 Å². The quantitative estimate of drug-likeness (QED) is 0.720. The Morgan fingerprint density at radius 3 is 2.80 bits per heavy atom. The van der Waals surface area contributed by atoms with Crippen LogP contribution in [0.25, 0.3) is 0 Å². The molecule has 1 atom stereocenters. The molecule has 6 heteroatoms. The summed E-state index contributed by atoms with van der Waals surface area (Å²) in [4.78, 5) is 12.2. The van der Waals surface area contributed by atoms with Crippen molar-refractivity contribution in [1.29, 1.82) is 0 Å². The molecule has 1 N–H and O–H groups in total. The molecule has 0 aliphatic carbocycles. The van der Waals surface area contributed by atoms with E-state index in [2.05, 4.69) is 11.9 Å². The summed E-state index contributed by atoms with van der Waals surface area (Å²) in [5.74, 6) is -0.339. The zero-order valence-electron chi connectivity index (χ0n) is 8.18. The largest absolute Gasteiger partial charge is 0.401 e. The average molecular weight is 222 g/mol. The van der Waals surface area contributed by atoms with Crippen LogP contribution < -0.4 is 5.32 Å². The van der Waals surface area contributed by atoms with Crippen molar-refractivity contribution in [3.63, 3.8) is 0 Å². The van der Waals surface area contributed by atoms with Gasteiger partial charge in [-0.05, 0) is 12.5 Å². The van der Waals surface area contributed by atoms with Crippen LogP contribution >= 0.6 is 0 Å². The van der Waals surface area contributed by atoms with Gasteiger partial charge in [-0.25, -0.2) is 0 Å². The molecule has 0 saturated carbocycles. The van der Waals surface area contributed by atoms with E-state index < -0.39 is 12.7 Å². The maximum Gasteiger partial charge on any atom is 0.401 e. The van der Waals surface area contributed by atoms with Gasteiger partial charge in [0.2, 0.25) is 5.91 Å². The van der Waals surface area contributed by atoms with Crippen LogP contribution in [0.3, 0.4) is 0 Å². The molecular formula is C9H13F3N2O. The number of hydrogen-bond donors (Lipinski definition) is 1. The number of halogens is 3. The highest BCUT2D eigenvalue weighted by atomic mass is 19.4. The normalized spacial score (nSPS) is 22.7. The van der Waals surface area contributed by atoms with Gasteiger partial charge in [-0.1, -0.05) is 6.58 Å². The smallest absolute Gasteiger partial charge is 0.349 e. The maximum atomic E-state index is 12.0. The Kier molecular flexibility index (Phi) is 3.73. The third-order valence-electron chi connectivity index (χ3n) is 2.21.